The van der Waals surface area contributed by atoms with E-state index in [1.165, 1.54) is 0 Å². The van der Waals surface area contributed by atoms with Crippen LogP contribution in [-0.2, 0) is 27.9 Å². The number of anilines is 1. The summed E-state index contributed by atoms with van der Waals surface area (Å²) in [4.78, 5) is 31.8. The minimum Gasteiger partial charge on any atom is -0.442 e. The number of fused-ring (bicyclic) bond motifs is 4. The minimum absolute atomic E-state index is 0.0758. The van der Waals surface area contributed by atoms with Crippen molar-refractivity contribution in [3.05, 3.63) is 60.2 Å². The molecule has 10 nitrogen and oxygen atoms in total. The lowest BCUT2D eigenvalue weighted by Crippen LogP contribution is -2.35. The van der Waals surface area contributed by atoms with Crippen LogP contribution in [0.4, 0.5) is 10.5 Å². The number of hydrogen-bond acceptors (Lipinski definition) is 7. The van der Waals surface area contributed by atoms with Gasteiger partial charge in [-0.25, -0.2) is 9.48 Å². The Hall–Kier alpha value is -4.26. The number of cyclic esters (lactones) is 1. The van der Waals surface area contributed by atoms with Crippen molar-refractivity contribution >= 4 is 18.2 Å². The number of rotatable bonds is 5. The Balaban J connectivity index is 1.12. The topological polar surface area (TPSA) is 117 Å². The van der Waals surface area contributed by atoms with Crippen molar-refractivity contribution in [2.75, 3.05) is 18.0 Å². The van der Waals surface area contributed by atoms with Crippen molar-refractivity contribution in [1.82, 2.24) is 24.9 Å². The predicted molar refractivity (Wildman–Crippen MR) is 122 cm³/mol. The van der Waals surface area contributed by atoms with E-state index in [1.807, 2.05) is 30.5 Å². The average Bonchev–Trinajstić information content (AvgIpc) is 3.47. The molecule has 1 unspecified atom stereocenters. The summed E-state index contributed by atoms with van der Waals surface area (Å²) in [5.41, 5.74) is 4.14. The van der Waals surface area contributed by atoms with Crippen LogP contribution in [0.1, 0.15) is 11.3 Å². The third-order valence-corrected chi connectivity index (χ3v) is 8.08. The van der Waals surface area contributed by atoms with Crippen molar-refractivity contribution < 1.29 is 14.3 Å². The van der Waals surface area contributed by atoms with Crippen LogP contribution in [-0.4, -0.2) is 62.6 Å². The second-order valence-corrected chi connectivity index (χ2v) is 9.72. The van der Waals surface area contributed by atoms with E-state index < -0.39 is 5.41 Å². The van der Waals surface area contributed by atoms with Crippen LogP contribution in [0.5, 0.6) is 0 Å². The largest absolute Gasteiger partial charge is 0.442 e. The number of hydrogen-bond donors (Lipinski definition) is 0. The number of nitrogens with zero attached hydrogens (tertiary/aromatic N) is 7. The van der Waals surface area contributed by atoms with Gasteiger partial charge in [0.2, 0.25) is 6.41 Å². The van der Waals surface area contributed by atoms with E-state index in [4.69, 9.17) is 4.74 Å². The van der Waals surface area contributed by atoms with Crippen LogP contribution in [0.15, 0.2) is 48.9 Å². The van der Waals surface area contributed by atoms with E-state index in [-0.39, 0.29) is 30.1 Å². The van der Waals surface area contributed by atoms with E-state index in [0.717, 1.165) is 34.5 Å². The molecule has 3 aromatic rings. The molecule has 2 saturated heterocycles. The zero-order valence-corrected chi connectivity index (χ0v) is 18.7. The zero-order chi connectivity index (χ0) is 23.7. The highest BCUT2D eigenvalue weighted by molar-refractivity contribution is 5.94. The fourth-order valence-corrected chi connectivity index (χ4v) is 6.29. The highest BCUT2D eigenvalue weighted by atomic mass is 16.6. The molecule has 7 rings (SSSR count). The second-order valence-electron chi connectivity index (χ2n) is 9.72. The monoisotopic (exact) mass is 467 g/mol. The van der Waals surface area contributed by atoms with E-state index in [2.05, 4.69) is 27.4 Å². The summed E-state index contributed by atoms with van der Waals surface area (Å²) in [6.45, 7) is 1.70. The molecule has 1 aromatic carbocycles. The Morgan fingerprint density at radius 1 is 1.20 bits per heavy atom. The van der Waals surface area contributed by atoms with Crippen LogP contribution < -0.4 is 4.90 Å². The number of nitriles is 1. The molecule has 5 atom stereocenters. The zero-order valence-electron chi connectivity index (χ0n) is 18.7. The van der Waals surface area contributed by atoms with Crippen LogP contribution in [0, 0.1) is 23.2 Å². The lowest BCUT2D eigenvalue weighted by Gasteiger charge is -2.18. The SMILES string of the molecule is N#CC1(c2ccc(-c3ccc4c(c3)C[C@H]3[C@H](Cn5ccnn5)OC(=O)N43)cn2)[C@@H]2CN(C=O)C[C@@H]21. The van der Waals surface area contributed by atoms with Gasteiger partial charge in [0.25, 0.3) is 0 Å². The first kappa shape index (κ1) is 20.1. The quantitative estimate of drug-likeness (QED) is 0.525. The number of carbonyl (C=O) groups is 2. The van der Waals surface area contributed by atoms with E-state index >= 15 is 0 Å². The molecule has 174 valence electrons. The smallest absolute Gasteiger partial charge is 0.415 e. The van der Waals surface area contributed by atoms with Crippen molar-refractivity contribution in [2.24, 2.45) is 11.8 Å². The molecular formula is C25H21N7O3. The minimum atomic E-state index is -0.583. The van der Waals surface area contributed by atoms with Crippen LogP contribution in [0.25, 0.3) is 11.1 Å². The summed E-state index contributed by atoms with van der Waals surface area (Å²) in [6.07, 6.45) is 6.13. The van der Waals surface area contributed by atoms with Gasteiger partial charge in [0, 0.05) is 42.9 Å². The Labute approximate surface area is 200 Å². The summed E-state index contributed by atoms with van der Waals surface area (Å²) in [5, 5.41) is 17.7. The molecule has 3 aliphatic heterocycles. The van der Waals surface area contributed by atoms with Gasteiger partial charge in [-0.2, -0.15) is 5.26 Å². The molecule has 0 N–H and O–H groups in total. The number of carbonyl (C=O) groups excluding carboxylic acids is 2. The summed E-state index contributed by atoms with van der Waals surface area (Å²) in [5.74, 6) is 0.324. The van der Waals surface area contributed by atoms with Crippen LogP contribution in [0.3, 0.4) is 0 Å². The molecule has 1 aliphatic carbocycles. The fraction of sp³-hybridized carbons (Fsp3) is 0.360. The number of pyridine rings is 1. The lowest BCUT2D eigenvalue weighted by atomic mass is 9.95. The molecule has 10 heteroatoms. The molecule has 1 saturated carbocycles. The second kappa shape index (κ2) is 7.12. The molecule has 35 heavy (non-hydrogen) atoms. The van der Waals surface area contributed by atoms with E-state index in [9.17, 15) is 14.9 Å². The Kier molecular flexibility index (Phi) is 4.10. The molecule has 5 heterocycles. The van der Waals surface area contributed by atoms with Gasteiger partial charge in [0.05, 0.1) is 36.2 Å². The van der Waals surface area contributed by atoms with Gasteiger partial charge in [0.15, 0.2) is 0 Å². The predicted octanol–water partition coefficient (Wildman–Crippen LogP) is 1.77. The summed E-state index contributed by atoms with van der Waals surface area (Å²) < 4.78 is 7.30. The number of aromatic nitrogens is 4. The van der Waals surface area contributed by atoms with Gasteiger partial charge in [-0.15, -0.1) is 5.10 Å². The average molecular weight is 467 g/mol. The third kappa shape index (κ3) is 2.78. The maximum absolute atomic E-state index is 12.6. The Morgan fingerprint density at radius 2 is 2.03 bits per heavy atom. The van der Waals surface area contributed by atoms with Gasteiger partial charge in [-0.05, 0) is 35.7 Å². The normalized spacial score (nSPS) is 29.9. The first-order valence-corrected chi connectivity index (χ1v) is 11.7. The Bertz CT molecular complexity index is 1370. The van der Waals surface area contributed by atoms with Crippen molar-refractivity contribution in [2.45, 2.75) is 30.5 Å². The highest BCUT2D eigenvalue weighted by Crippen LogP contribution is 2.62. The van der Waals surface area contributed by atoms with Gasteiger partial charge >= 0.3 is 6.09 Å². The van der Waals surface area contributed by atoms with Gasteiger partial charge in [-0.1, -0.05) is 17.3 Å². The highest BCUT2D eigenvalue weighted by Gasteiger charge is 2.70. The first-order valence-electron chi connectivity index (χ1n) is 11.7. The molecule has 2 aromatic heterocycles. The van der Waals surface area contributed by atoms with E-state index in [1.54, 1.807) is 26.9 Å². The maximum atomic E-state index is 12.6. The number of ether oxygens (including phenoxy) is 1. The molecule has 4 aliphatic rings. The number of likely N-dealkylation sites (tertiary alicyclic amines) is 1. The van der Waals surface area contributed by atoms with Crippen molar-refractivity contribution in [1.29, 1.82) is 5.26 Å². The summed E-state index contributed by atoms with van der Waals surface area (Å²) >= 11 is 0. The summed E-state index contributed by atoms with van der Waals surface area (Å²) in [7, 11) is 0. The lowest BCUT2D eigenvalue weighted by molar-refractivity contribution is -0.117. The van der Waals surface area contributed by atoms with Gasteiger partial charge in [0.1, 0.15) is 11.5 Å². The van der Waals surface area contributed by atoms with Gasteiger partial charge < -0.3 is 9.64 Å². The van der Waals surface area contributed by atoms with Crippen LogP contribution in [0.2, 0.25) is 0 Å². The Morgan fingerprint density at radius 3 is 2.71 bits per heavy atom. The van der Waals surface area contributed by atoms with Gasteiger partial charge in [-0.3, -0.25) is 14.7 Å². The summed E-state index contributed by atoms with van der Waals surface area (Å²) in [6, 6.07) is 12.4. The fourth-order valence-electron chi connectivity index (χ4n) is 6.29. The first-order chi connectivity index (χ1) is 17.1. The molecule has 0 spiro atoms. The third-order valence-electron chi connectivity index (χ3n) is 8.08. The number of piperidine rings is 1. The molecular weight excluding hydrogens is 446 g/mol. The molecule has 3 fully saturated rings. The van der Waals surface area contributed by atoms with Crippen molar-refractivity contribution in [3.8, 4) is 17.2 Å². The van der Waals surface area contributed by atoms with Crippen LogP contribution >= 0.6 is 0 Å². The molecule has 0 bridgehead atoms. The number of amides is 2. The standard InChI is InChI=1S/C25H21N7O3/c26-13-25(18-10-30(14-33)11-19(18)25)23-4-2-16(9-27-23)15-1-3-20-17(7-15)8-21-22(35-24(34)32(20)21)12-31-6-5-28-29-31/h1-7,9,14,18-19,21-22H,8,10-12H2/t18-,19+,21-,22-,25?/m0/s1. The van der Waals surface area contributed by atoms with E-state index in [0.29, 0.717) is 26.1 Å². The molecule has 2 amide bonds. The molecule has 0 radical (unpaired) electrons. The maximum Gasteiger partial charge on any atom is 0.415 e. The van der Waals surface area contributed by atoms with Crippen molar-refractivity contribution in [3.63, 3.8) is 0 Å². The number of benzene rings is 1.